The Hall–Kier alpha value is -3.84. The zero-order valence-electron chi connectivity index (χ0n) is 18.8. The molecule has 168 valence electrons. The highest BCUT2D eigenvalue weighted by Crippen LogP contribution is 2.34. The van der Waals surface area contributed by atoms with E-state index in [4.69, 9.17) is 14.5 Å². The van der Waals surface area contributed by atoms with E-state index >= 15 is 0 Å². The summed E-state index contributed by atoms with van der Waals surface area (Å²) < 4.78 is 12.6. The lowest BCUT2D eigenvalue weighted by Crippen LogP contribution is -2.23. The Bertz CT molecular complexity index is 1270. The van der Waals surface area contributed by atoms with Crippen LogP contribution in [-0.4, -0.2) is 36.2 Å². The number of aromatic nitrogens is 2. The average molecular weight is 460 g/mol. The number of methoxy groups -OCH3 is 2. The molecule has 4 aromatic rings. The highest BCUT2D eigenvalue weighted by molar-refractivity contribution is 7.13. The van der Waals surface area contributed by atoms with Crippen LogP contribution in [0.15, 0.2) is 72.6 Å². The van der Waals surface area contributed by atoms with Crippen LogP contribution in [0.5, 0.6) is 11.5 Å². The van der Waals surface area contributed by atoms with E-state index in [1.807, 2.05) is 66.9 Å². The van der Waals surface area contributed by atoms with Gasteiger partial charge < -0.3 is 19.4 Å². The molecule has 6 nitrogen and oxygen atoms in total. The van der Waals surface area contributed by atoms with Gasteiger partial charge in [0.1, 0.15) is 16.5 Å². The number of carbonyl (C=O) groups is 1. The van der Waals surface area contributed by atoms with Crippen molar-refractivity contribution in [1.29, 1.82) is 0 Å². The number of hydrogen-bond acceptors (Lipinski definition) is 5. The van der Waals surface area contributed by atoms with E-state index in [-0.39, 0.29) is 5.91 Å². The topological polar surface area (TPSA) is 65.4 Å². The van der Waals surface area contributed by atoms with Gasteiger partial charge in [0.2, 0.25) is 0 Å². The summed E-state index contributed by atoms with van der Waals surface area (Å²) in [7, 11) is 3.29. The fraction of sp³-hybridized carbons (Fsp3) is 0.154. The number of hydrogen-bond donors (Lipinski definition) is 1. The number of thiazole rings is 1. The van der Waals surface area contributed by atoms with Crippen LogP contribution >= 0.6 is 11.3 Å². The van der Waals surface area contributed by atoms with Crippen LogP contribution in [0.4, 0.5) is 0 Å². The fourth-order valence-electron chi connectivity index (χ4n) is 3.61. The Morgan fingerprint density at radius 2 is 1.73 bits per heavy atom. The number of carbonyl (C=O) groups excluding carboxylic acids is 1. The largest absolute Gasteiger partial charge is 0.497 e. The first-order valence-corrected chi connectivity index (χ1v) is 11.3. The van der Waals surface area contributed by atoms with Crippen LogP contribution in [0.1, 0.15) is 16.1 Å². The summed E-state index contributed by atoms with van der Waals surface area (Å²) in [6.45, 7) is 6.02. The Balaban J connectivity index is 1.79. The van der Waals surface area contributed by atoms with E-state index in [2.05, 4.69) is 16.5 Å². The van der Waals surface area contributed by atoms with Gasteiger partial charge in [0.25, 0.3) is 5.91 Å². The molecule has 0 radical (unpaired) electrons. The summed E-state index contributed by atoms with van der Waals surface area (Å²) in [4.78, 5) is 17.7. The standard InChI is InChI=1S/C26H25N3O3S/c1-5-14-27-25(30)22-15-24(29(17(22)2)19-8-12-21(32-4)13-9-19)23-16-33-26(28-23)18-6-10-20(31-3)11-7-18/h5-13,15-16H,1,14H2,2-4H3,(H,27,30). The van der Waals surface area contributed by atoms with Gasteiger partial charge in [-0.05, 0) is 61.5 Å². The van der Waals surface area contributed by atoms with Crippen molar-refractivity contribution in [3.8, 4) is 39.1 Å². The molecule has 0 atom stereocenters. The smallest absolute Gasteiger partial charge is 0.253 e. The lowest BCUT2D eigenvalue weighted by Gasteiger charge is -2.12. The highest BCUT2D eigenvalue weighted by atomic mass is 32.1. The molecule has 0 spiro atoms. The molecule has 0 saturated heterocycles. The lowest BCUT2D eigenvalue weighted by atomic mass is 10.2. The minimum absolute atomic E-state index is 0.147. The van der Waals surface area contributed by atoms with Crippen LogP contribution in [0.25, 0.3) is 27.6 Å². The molecule has 0 saturated carbocycles. The third kappa shape index (κ3) is 4.54. The Morgan fingerprint density at radius 3 is 2.33 bits per heavy atom. The van der Waals surface area contributed by atoms with Crippen molar-refractivity contribution in [2.75, 3.05) is 20.8 Å². The summed E-state index contributed by atoms with van der Waals surface area (Å²) in [6, 6.07) is 17.5. The molecule has 2 heterocycles. The number of nitrogens with one attached hydrogen (secondary N) is 1. The van der Waals surface area contributed by atoms with Crippen molar-refractivity contribution in [1.82, 2.24) is 14.9 Å². The van der Waals surface area contributed by atoms with Crippen molar-refractivity contribution in [2.45, 2.75) is 6.92 Å². The van der Waals surface area contributed by atoms with Gasteiger partial charge >= 0.3 is 0 Å². The van der Waals surface area contributed by atoms with Crippen molar-refractivity contribution in [3.63, 3.8) is 0 Å². The second-order valence-corrected chi connectivity index (χ2v) is 8.19. The number of ether oxygens (including phenoxy) is 2. The molecular weight excluding hydrogens is 434 g/mol. The summed E-state index contributed by atoms with van der Waals surface area (Å²) in [6.07, 6.45) is 1.66. The first-order chi connectivity index (χ1) is 16.0. The summed E-state index contributed by atoms with van der Waals surface area (Å²) in [5.41, 5.74) is 5.00. The second-order valence-electron chi connectivity index (χ2n) is 7.33. The predicted octanol–water partition coefficient (Wildman–Crippen LogP) is 5.51. The number of benzene rings is 2. The first-order valence-electron chi connectivity index (χ1n) is 10.4. The SMILES string of the molecule is C=CCNC(=O)c1cc(-c2csc(-c3ccc(OC)cc3)n2)n(-c2ccc(OC)cc2)c1C. The molecule has 0 fully saturated rings. The third-order valence-corrected chi connectivity index (χ3v) is 6.22. The molecule has 0 aliphatic carbocycles. The van der Waals surface area contributed by atoms with Crippen molar-refractivity contribution < 1.29 is 14.3 Å². The maximum absolute atomic E-state index is 12.8. The molecule has 0 unspecified atom stereocenters. The zero-order valence-corrected chi connectivity index (χ0v) is 19.6. The van der Waals surface area contributed by atoms with E-state index in [0.717, 1.165) is 44.8 Å². The van der Waals surface area contributed by atoms with Gasteiger partial charge in [-0.1, -0.05) is 6.08 Å². The van der Waals surface area contributed by atoms with Crippen molar-refractivity contribution in [2.24, 2.45) is 0 Å². The molecule has 0 aliphatic rings. The van der Waals surface area contributed by atoms with Crippen LogP contribution in [0, 0.1) is 6.92 Å². The van der Waals surface area contributed by atoms with Gasteiger partial charge in [-0.15, -0.1) is 17.9 Å². The summed E-state index contributed by atoms with van der Waals surface area (Å²) >= 11 is 1.56. The highest BCUT2D eigenvalue weighted by Gasteiger charge is 2.21. The van der Waals surface area contributed by atoms with Gasteiger partial charge in [-0.25, -0.2) is 4.98 Å². The summed E-state index contributed by atoms with van der Waals surface area (Å²) in [5.74, 6) is 1.42. The van der Waals surface area contributed by atoms with Gasteiger partial charge in [-0.3, -0.25) is 4.79 Å². The third-order valence-electron chi connectivity index (χ3n) is 5.33. The van der Waals surface area contributed by atoms with E-state index in [0.29, 0.717) is 12.1 Å². The van der Waals surface area contributed by atoms with E-state index in [1.165, 1.54) is 0 Å². The van der Waals surface area contributed by atoms with Gasteiger partial charge in [0.05, 0.1) is 31.2 Å². The lowest BCUT2D eigenvalue weighted by molar-refractivity contribution is 0.0957. The van der Waals surface area contributed by atoms with Gasteiger partial charge in [-0.2, -0.15) is 0 Å². The predicted molar refractivity (Wildman–Crippen MR) is 133 cm³/mol. The van der Waals surface area contributed by atoms with Crippen LogP contribution in [0.2, 0.25) is 0 Å². The number of nitrogens with zero attached hydrogens (tertiary/aromatic N) is 2. The Morgan fingerprint density at radius 1 is 1.09 bits per heavy atom. The van der Waals surface area contributed by atoms with E-state index < -0.39 is 0 Å². The minimum Gasteiger partial charge on any atom is -0.497 e. The average Bonchev–Trinajstić information content (AvgIpc) is 3.47. The Labute approximate surface area is 197 Å². The van der Waals surface area contributed by atoms with Crippen LogP contribution in [-0.2, 0) is 0 Å². The number of rotatable bonds is 8. The fourth-order valence-corrected chi connectivity index (χ4v) is 4.43. The molecule has 2 aromatic carbocycles. The van der Waals surface area contributed by atoms with Gasteiger partial charge in [0.15, 0.2) is 0 Å². The molecule has 4 rings (SSSR count). The van der Waals surface area contributed by atoms with E-state index in [1.54, 1.807) is 31.6 Å². The van der Waals surface area contributed by atoms with E-state index in [9.17, 15) is 4.79 Å². The van der Waals surface area contributed by atoms with Crippen LogP contribution < -0.4 is 14.8 Å². The molecule has 1 amide bonds. The molecule has 2 aromatic heterocycles. The zero-order chi connectivity index (χ0) is 23.4. The quantitative estimate of drug-likeness (QED) is 0.353. The number of amides is 1. The second kappa shape index (κ2) is 9.75. The van der Waals surface area contributed by atoms with Crippen LogP contribution in [0.3, 0.4) is 0 Å². The normalized spacial score (nSPS) is 10.6. The molecular formula is C26H25N3O3S. The molecule has 7 heteroatoms. The first kappa shape index (κ1) is 22.4. The summed E-state index contributed by atoms with van der Waals surface area (Å²) in [5, 5.41) is 5.78. The monoisotopic (exact) mass is 459 g/mol. The van der Waals surface area contributed by atoms with Gasteiger partial charge in [0, 0.05) is 28.9 Å². The molecule has 33 heavy (non-hydrogen) atoms. The molecule has 1 N–H and O–H groups in total. The minimum atomic E-state index is -0.147. The molecule has 0 aliphatic heterocycles. The molecule has 0 bridgehead atoms. The van der Waals surface area contributed by atoms with Crippen molar-refractivity contribution in [3.05, 3.63) is 83.9 Å². The maximum Gasteiger partial charge on any atom is 0.253 e. The van der Waals surface area contributed by atoms with Crippen molar-refractivity contribution >= 4 is 17.2 Å². The maximum atomic E-state index is 12.8. The Kier molecular flexibility index (Phi) is 6.60.